The van der Waals surface area contributed by atoms with Gasteiger partial charge >= 0.3 is 0 Å². The zero-order valence-corrected chi connectivity index (χ0v) is 41.4. The summed E-state index contributed by atoms with van der Waals surface area (Å²) in [4.78, 5) is 0. The van der Waals surface area contributed by atoms with Crippen molar-refractivity contribution < 1.29 is 53.5 Å². The molecule has 0 aliphatic carbocycles. The van der Waals surface area contributed by atoms with Gasteiger partial charge in [-0.15, -0.1) is 42.0 Å². The summed E-state index contributed by atoms with van der Waals surface area (Å²) in [6, 6.07) is 24.4. The zero-order chi connectivity index (χ0) is 47.4. The average Bonchev–Trinajstić information content (AvgIpc) is 4.22. The Hall–Kier alpha value is -5.18. The average molecular weight is 1040 g/mol. The first kappa shape index (κ1) is 48.7. The van der Waals surface area contributed by atoms with Crippen LogP contribution in [0.25, 0.3) is 0 Å². The van der Waals surface area contributed by atoms with Crippen LogP contribution in [0.4, 0.5) is 0 Å². The second-order valence-electron chi connectivity index (χ2n) is 15.9. The van der Waals surface area contributed by atoms with E-state index in [1.807, 2.05) is 42.5 Å². The molecule has 5 aliphatic rings. The highest BCUT2D eigenvalue weighted by atomic mass is 127. The molecule has 0 atom stereocenters. The first-order valence-corrected chi connectivity index (χ1v) is 23.2. The summed E-state index contributed by atoms with van der Waals surface area (Å²) in [5.74, 6) is 8.93. The monoisotopic (exact) mass is 1040 g/mol. The maximum absolute atomic E-state index is 6.11. The summed E-state index contributed by atoms with van der Waals surface area (Å²) in [5, 5.41) is 0. The molecule has 5 aromatic carbocycles. The molecule has 5 heterocycles. The number of fused-ring (bicyclic) bond motifs is 5. The van der Waals surface area contributed by atoms with Crippen LogP contribution in [-0.4, -0.2) is 34.6 Å². The normalized spacial score (nSPS) is 13.5. The molecule has 0 amide bonds. The van der Waals surface area contributed by atoms with Crippen LogP contribution in [0.15, 0.2) is 85.5 Å². The third-order valence-corrected chi connectivity index (χ3v) is 11.4. The van der Waals surface area contributed by atoms with Gasteiger partial charge in [0.25, 0.3) is 0 Å². The topological polar surface area (TPSA) is 102 Å². The summed E-state index contributed by atoms with van der Waals surface area (Å²) >= 11 is 7.27. The molecule has 5 aromatic rings. The zero-order valence-electron chi connectivity index (χ0n) is 39.5. The SMILES string of the molecule is C=CCc1ccc2c(c1)OCO2.CCCc1cc2c(cc1CCl)OCO2.CCCc1cc2c(cc1COCc1cc3c(cc1CCC)OCO3)OCO2.CCCc1ccc2c(c1)OCO2.[2H]I.[HH]. The minimum atomic E-state index is 0. The van der Waals surface area contributed by atoms with Gasteiger partial charge in [0, 0.05) is 7.31 Å². The lowest BCUT2D eigenvalue weighted by molar-refractivity contribution is 0.105. The predicted octanol–water partition coefficient (Wildman–Crippen LogP) is 13.2. The van der Waals surface area contributed by atoms with E-state index in [9.17, 15) is 0 Å². The van der Waals surface area contributed by atoms with E-state index in [2.05, 4.69) is 70.7 Å². The fourth-order valence-electron chi connectivity index (χ4n) is 7.87. The van der Waals surface area contributed by atoms with Crippen LogP contribution >= 0.6 is 35.4 Å². The van der Waals surface area contributed by atoms with Crippen LogP contribution < -0.4 is 47.4 Å². The molecule has 0 fully saturated rings. The molecule has 66 heavy (non-hydrogen) atoms. The Morgan fingerprint density at radius 1 is 0.470 bits per heavy atom. The number of ether oxygens (including phenoxy) is 11. The lowest BCUT2D eigenvalue weighted by Crippen LogP contribution is -2.02. The Labute approximate surface area is 413 Å². The van der Waals surface area contributed by atoms with Gasteiger partial charge in [-0.3, -0.25) is 0 Å². The van der Waals surface area contributed by atoms with Gasteiger partial charge in [0.15, 0.2) is 57.5 Å². The molecule has 13 heteroatoms. The van der Waals surface area contributed by atoms with Gasteiger partial charge < -0.3 is 52.1 Å². The van der Waals surface area contributed by atoms with Crippen LogP contribution in [0, 0.1) is 0 Å². The number of hydrogen-bond donors (Lipinski definition) is 0. The quantitative estimate of drug-likeness (QED) is 0.0569. The molecule has 0 bridgehead atoms. The largest absolute Gasteiger partial charge is 0.454 e. The molecule has 0 unspecified atom stereocenters. The van der Waals surface area contributed by atoms with Crippen molar-refractivity contribution in [2.24, 2.45) is 0 Å². The number of alkyl halides is 1. The Balaban J connectivity index is 0.000000179. The van der Waals surface area contributed by atoms with Crippen molar-refractivity contribution in [3.05, 3.63) is 130 Å². The third kappa shape index (κ3) is 13.3. The van der Waals surface area contributed by atoms with Crippen molar-refractivity contribution in [1.29, 1.82) is 0.594 Å². The minimum Gasteiger partial charge on any atom is -0.454 e. The molecule has 0 saturated carbocycles. The summed E-state index contributed by atoms with van der Waals surface area (Å²) < 4.78 is 65.4. The van der Waals surface area contributed by atoms with Gasteiger partial charge in [-0.05, 0) is 137 Å². The number of allylic oxidation sites excluding steroid dienone is 1. The highest BCUT2D eigenvalue weighted by molar-refractivity contribution is 14.0. The minimum absolute atomic E-state index is 0. The van der Waals surface area contributed by atoms with Crippen LogP contribution in [0.5, 0.6) is 57.5 Å². The van der Waals surface area contributed by atoms with Crippen LogP contribution in [0.1, 0.15) is 99.3 Å². The van der Waals surface area contributed by atoms with Crippen LogP contribution in [0.2, 0.25) is 0 Å². The van der Waals surface area contributed by atoms with E-state index in [1.54, 1.807) is 0 Å². The van der Waals surface area contributed by atoms with Gasteiger partial charge in [-0.2, -0.15) is 0 Å². The van der Waals surface area contributed by atoms with E-state index in [-0.39, 0.29) is 1.43 Å². The summed E-state index contributed by atoms with van der Waals surface area (Å²) in [6.07, 6.45) is 11.3. The lowest BCUT2D eigenvalue weighted by atomic mass is 10.0. The highest BCUT2D eigenvalue weighted by Gasteiger charge is 2.20. The number of halogens is 2. The predicted molar refractivity (Wildman–Crippen MR) is 268 cm³/mol. The second-order valence-corrected chi connectivity index (χ2v) is 16.2. The maximum atomic E-state index is 6.11. The van der Waals surface area contributed by atoms with E-state index < -0.39 is 0 Å². The van der Waals surface area contributed by atoms with Crippen molar-refractivity contribution in [3.63, 3.8) is 0 Å². The van der Waals surface area contributed by atoms with E-state index in [0.29, 0.717) is 53.1 Å². The molecule has 0 radical (unpaired) electrons. The van der Waals surface area contributed by atoms with Crippen molar-refractivity contribution in [3.8, 4) is 57.5 Å². The Bertz CT molecular complexity index is 2320. The first-order valence-electron chi connectivity index (χ1n) is 23.1. The van der Waals surface area contributed by atoms with Gasteiger partial charge in [-0.1, -0.05) is 71.6 Å². The smallest absolute Gasteiger partial charge is 0.231 e. The standard InChI is InChI=1S/C22H26O5.C11H13ClO2.C10H12O2.C10H10O2.HI.H2/c1-3-5-15-7-19-21(26-13-24-19)9-17(15)11-23-12-18-10-22-20(25-14-27-22)8-16(18)6-4-2;1-2-3-8-4-10-11(14-7-13-10)5-9(8)6-12;2*1-2-3-8-4-5-9-10(6-8)12-7-11-9;;/h7-10H,3-6,11-14H2,1-2H3;4-5H,2-3,6-7H2,1H3;4-6H,2-3,7H2,1H3;2,4-6H,1,3,7H2;2*1H/i/hD. The third-order valence-electron chi connectivity index (χ3n) is 11.1. The number of aryl methyl sites for hydroxylation is 4. The van der Waals surface area contributed by atoms with E-state index in [4.69, 9.17) is 64.3 Å². The number of benzene rings is 5. The van der Waals surface area contributed by atoms with Crippen molar-refractivity contribution >= 4 is 35.4 Å². The molecule has 5 aliphatic heterocycles. The molecule has 0 aromatic heterocycles. The summed E-state index contributed by atoms with van der Waals surface area (Å²) in [7, 11) is 0. The molecule has 0 saturated heterocycles. The molecular formula is C53H64ClIO11. The van der Waals surface area contributed by atoms with Gasteiger partial charge in [0.1, 0.15) is 0.594 Å². The highest BCUT2D eigenvalue weighted by Crippen LogP contribution is 2.39. The molecule has 356 valence electrons. The molecule has 0 N–H and O–H groups in total. The Morgan fingerprint density at radius 2 is 0.788 bits per heavy atom. The molecule has 10 rings (SSSR count). The number of hydrogen-bond acceptors (Lipinski definition) is 11. The molecular weight excluding hydrogens is 975 g/mol. The second kappa shape index (κ2) is 25.7. The van der Waals surface area contributed by atoms with E-state index in [0.717, 1.165) is 114 Å². The molecule has 0 spiro atoms. The fourth-order valence-corrected chi connectivity index (χ4v) is 8.12. The van der Waals surface area contributed by atoms with Crippen LogP contribution in [0.3, 0.4) is 0 Å². The van der Waals surface area contributed by atoms with Crippen molar-refractivity contribution in [1.82, 2.24) is 0 Å². The summed E-state index contributed by atoms with van der Waals surface area (Å²) in [5.41, 5.74) is 9.81. The summed E-state index contributed by atoms with van der Waals surface area (Å²) in [6.45, 7) is 15.1. The van der Waals surface area contributed by atoms with Crippen molar-refractivity contribution in [2.45, 2.75) is 105 Å². The van der Waals surface area contributed by atoms with E-state index in [1.165, 1.54) is 69.1 Å². The van der Waals surface area contributed by atoms with Gasteiger partial charge in [0.2, 0.25) is 34.0 Å². The van der Waals surface area contributed by atoms with E-state index >= 15 is 0 Å². The van der Waals surface area contributed by atoms with Gasteiger partial charge in [-0.25, -0.2) is 0 Å². The Morgan fingerprint density at radius 3 is 1.17 bits per heavy atom. The fraction of sp³-hybridized carbons (Fsp3) is 0.396. The van der Waals surface area contributed by atoms with Crippen molar-refractivity contribution in [2.75, 3.05) is 34.0 Å². The van der Waals surface area contributed by atoms with Crippen LogP contribution in [-0.2, 0) is 55.9 Å². The first-order chi connectivity index (χ1) is 32.9. The molecule has 11 nitrogen and oxygen atoms in total. The maximum Gasteiger partial charge on any atom is 0.231 e. The Kier molecular flexibility index (Phi) is 18.9. The number of rotatable bonds is 15. The van der Waals surface area contributed by atoms with Gasteiger partial charge in [0.05, 0.1) is 13.2 Å². The lowest BCUT2D eigenvalue weighted by Gasteiger charge is -2.14.